The smallest absolute Gasteiger partial charge is 0.312 e. The molecule has 32 heavy (non-hydrogen) atoms. The number of carbonyl (C=O) groups excluding carboxylic acids is 3. The molecule has 4 fully saturated rings. The first kappa shape index (κ1) is 23.4. The molecule has 0 aromatic heterocycles. The summed E-state index contributed by atoms with van der Waals surface area (Å²) < 4.78 is 17.2. The topological polar surface area (TPSA) is 118 Å². The number of amides is 2. The van der Waals surface area contributed by atoms with Crippen molar-refractivity contribution in [1.29, 1.82) is 0 Å². The van der Waals surface area contributed by atoms with Crippen LogP contribution in [0.15, 0.2) is 0 Å². The molecule has 2 bridgehead atoms. The van der Waals surface area contributed by atoms with Crippen LogP contribution in [0.4, 0.5) is 0 Å². The van der Waals surface area contributed by atoms with Gasteiger partial charge in [-0.3, -0.25) is 19.3 Å². The van der Waals surface area contributed by atoms with E-state index in [-0.39, 0.29) is 31.6 Å². The van der Waals surface area contributed by atoms with E-state index in [1.54, 1.807) is 6.92 Å². The highest BCUT2D eigenvalue weighted by Crippen LogP contribution is 2.64. The van der Waals surface area contributed by atoms with Gasteiger partial charge < -0.3 is 29.5 Å². The van der Waals surface area contributed by atoms with Gasteiger partial charge >= 0.3 is 5.97 Å². The summed E-state index contributed by atoms with van der Waals surface area (Å²) in [5.74, 6) is -2.54. The lowest BCUT2D eigenvalue weighted by Crippen LogP contribution is -2.56. The van der Waals surface area contributed by atoms with E-state index in [4.69, 9.17) is 14.2 Å². The number of rotatable bonds is 9. The van der Waals surface area contributed by atoms with E-state index >= 15 is 0 Å². The molecule has 0 saturated carbocycles. The van der Waals surface area contributed by atoms with E-state index in [1.807, 2.05) is 6.92 Å². The van der Waals surface area contributed by atoms with E-state index in [0.717, 1.165) is 13.1 Å². The molecule has 4 heterocycles. The maximum atomic E-state index is 13.5. The summed E-state index contributed by atoms with van der Waals surface area (Å²) in [6.45, 7) is 7.80. The molecule has 180 valence electrons. The van der Waals surface area contributed by atoms with Crippen LogP contribution in [-0.2, 0) is 28.6 Å². The molecule has 10 nitrogen and oxygen atoms in total. The van der Waals surface area contributed by atoms with Crippen LogP contribution in [0.5, 0.6) is 0 Å². The standard InChI is InChI=1S/C22H35N3O7/c1-3-21-5-6-22(32-21)15(16(21)20(29)31-4-2)19(28)25(9-12-26)17(22)18(27)23-7-8-24-10-13-30-14-11-24/h15-17,26H,3-14H2,1-2H3,(H,23,27)/t15-,16+,17?,21-,22?/m0/s1. The van der Waals surface area contributed by atoms with E-state index < -0.39 is 35.0 Å². The molecule has 4 aliphatic rings. The summed E-state index contributed by atoms with van der Waals surface area (Å²) in [5.41, 5.74) is -1.85. The second-order valence-electron chi connectivity index (χ2n) is 9.09. The van der Waals surface area contributed by atoms with Gasteiger partial charge in [-0.05, 0) is 26.2 Å². The van der Waals surface area contributed by atoms with E-state index in [9.17, 15) is 19.5 Å². The fourth-order valence-electron chi connectivity index (χ4n) is 6.22. The molecule has 2 N–H and O–H groups in total. The highest BCUT2D eigenvalue weighted by Gasteiger charge is 2.78. The van der Waals surface area contributed by atoms with Gasteiger partial charge in [-0.2, -0.15) is 0 Å². The molecular formula is C22H35N3O7. The van der Waals surface area contributed by atoms with Gasteiger partial charge in [-0.15, -0.1) is 0 Å². The van der Waals surface area contributed by atoms with Gasteiger partial charge in [-0.1, -0.05) is 6.92 Å². The summed E-state index contributed by atoms with van der Waals surface area (Å²) in [5, 5.41) is 12.6. The van der Waals surface area contributed by atoms with Crippen LogP contribution in [0.25, 0.3) is 0 Å². The van der Waals surface area contributed by atoms with Crippen molar-refractivity contribution in [2.24, 2.45) is 11.8 Å². The Bertz CT molecular complexity index is 743. The molecule has 10 heteroatoms. The third-order valence-electron chi connectivity index (χ3n) is 7.64. The summed E-state index contributed by atoms with van der Waals surface area (Å²) >= 11 is 0. The minimum absolute atomic E-state index is 0.0245. The third-order valence-corrected chi connectivity index (χ3v) is 7.64. The highest BCUT2D eigenvalue weighted by molar-refractivity contribution is 5.98. The molecule has 0 aromatic carbocycles. The molecular weight excluding hydrogens is 418 g/mol. The van der Waals surface area contributed by atoms with Gasteiger partial charge in [0.25, 0.3) is 0 Å². The van der Waals surface area contributed by atoms with E-state index in [1.165, 1.54) is 4.90 Å². The Morgan fingerprint density at radius 1 is 1.22 bits per heavy atom. The number of morpholine rings is 1. The van der Waals surface area contributed by atoms with Crippen molar-refractivity contribution < 1.29 is 33.7 Å². The van der Waals surface area contributed by atoms with Crippen molar-refractivity contribution in [2.45, 2.75) is 50.4 Å². The largest absolute Gasteiger partial charge is 0.466 e. The van der Waals surface area contributed by atoms with Crippen molar-refractivity contribution in [3.8, 4) is 0 Å². The van der Waals surface area contributed by atoms with Crippen LogP contribution in [-0.4, -0.2) is 109 Å². The average molecular weight is 454 g/mol. The van der Waals surface area contributed by atoms with Crippen LogP contribution in [0.2, 0.25) is 0 Å². The van der Waals surface area contributed by atoms with Crippen LogP contribution in [0.3, 0.4) is 0 Å². The number of likely N-dealkylation sites (tertiary alicyclic amines) is 1. The Hall–Kier alpha value is -1.75. The zero-order valence-electron chi connectivity index (χ0n) is 19.0. The molecule has 4 rings (SSSR count). The first-order valence-corrected chi connectivity index (χ1v) is 11.8. The maximum Gasteiger partial charge on any atom is 0.312 e. The first-order valence-electron chi connectivity index (χ1n) is 11.8. The Morgan fingerprint density at radius 2 is 1.97 bits per heavy atom. The quantitative estimate of drug-likeness (QED) is 0.434. The van der Waals surface area contributed by atoms with Crippen molar-refractivity contribution >= 4 is 17.8 Å². The van der Waals surface area contributed by atoms with Crippen molar-refractivity contribution in [3.63, 3.8) is 0 Å². The second-order valence-corrected chi connectivity index (χ2v) is 9.09. The number of ether oxygens (including phenoxy) is 3. The molecule has 0 radical (unpaired) electrons. The molecule has 1 spiro atoms. The molecule has 2 unspecified atom stereocenters. The third kappa shape index (κ3) is 3.61. The Kier molecular flexibility index (Phi) is 6.76. The predicted molar refractivity (Wildman–Crippen MR) is 113 cm³/mol. The highest BCUT2D eigenvalue weighted by atomic mass is 16.6. The normalized spacial score (nSPS) is 36.4. The zero-order chi connectivity index (χ0) is 22.9. The van der Waals surface area contributed by atoms with Gasteiger partial charge in [0.1, 0.15) is 17.6 Å². The monoisotopic (exact) mass is 453 g/mol. The van der Waals surface area contributed by atoms with Crippen molar-refractivity contribution in [3.05, 3.63) is 0 Å². The molecule has 0 aliphatic carbocycles. The molecule has 4 saturated heterocycles. The minimum Gasteiger partial charge on any atom is -0.466 e. The molecule has 5 atom stereocenters. The average Bonchev–Trinajstić information content (AvgIpc) is 3.39. The van der Waals surface area contributed by atoms with Crippen LogP contribution in [0, 0.1) is 11.8 Å². The molecule has 2 amide bonds. The Morgan fingerprint density at radius 3 is 2.62 bits per heavy atom. The number of aliphatic hydroxyl groups is 1. The zero-order valence-corrected chi connectivity index (χ0v) is 19.0. The van der Waals surface area contributed by atoms with Gasteiger partial charge in [-0.25, -0.2) is 0 Å². The first-order chi connectivity index (χ1) is 15.4. The van der Waals surface area contributed by atoms with E-state index in [0.29, 0.717) is 45.6 Å². The van der Waals surface area contributed by atoms with Crippen LogP contribution >= 0.6 is 0 Å². The summed E-state index contributed by atoms with van der Waals surface area (Å²) in [6.07, 6.45) is 1.69. The number of hydrogen-bond donors (Lipinski definition) is 2. The number of hydrogen-bond acceptors (Lipinski definition) is 8. The van der Waals surface area contributed by atoms with Gasteiger partial charge in [0.2, 0.25) is 11.8 Å². The van der Waals surface area contributed by atoms with Gasteiger partial charge in [0, 0.05) is 32.7 Å². The summed E-state index contributed by atoms with van der Waals surface area (Å²) in [7, 11) is 0. The molecule has 4 aliphatic heterocycles. The fraction of sp³-hybridized carbons (Fsp3) is 0.864. The second kappa shape index (κ2) is 9.24. The van der Waals surface area contributed by atoms with Crippen LogP contribution < -0.4 is 5.32 Å². The van der Waals surface area contributed by atoms with Crippen molar-refractivity contribution in [1.82, 2.24) is 15.1 Å². The minimum atomic E-state index is -1.07. The SMILES string of the molecule is CCOC(=O)[C@H]1[C@H]2C(=O)N(CCO)C(C(=O)NCCN3CCOCC3)C23CC[C@]1(CC)O3. The summed E-state index contributed by atoms with van der Waals surface area (Å²) in [4.78, 5) is 43.5. The van der Waals surface area contributed by atoms with Gasteiger partial charge in [0.05, 0.1) is 37.9 Å². The predicted octanol–water partition coefficient (Wildman–Crippen LogP) is -0.855. The number of nitrogens with one attached hydrogen (secondary N) is 1. The van der Waals surface area contributed by atoms with E-state index in [2.05, 4.69) is 10.2 Å². The van der Waals surface area contributed by atoms with Crippen LogP contribution in [0.1, 0.15) is 33.1 Å². The number of β-amino-alcohol motifs (C(OH)–C–C–N with tert-alkyl or cyclic N) is 1. The Balaban J connectivity index is 1.56. The fourth-order valence-corrected chi connectivity index (χ4v) is 6.22. The number of esters is 1. The maximum absolute atomic E-state index is 13.5. The lowest BCUT2D eigenvalue weighted by Gasteiger charge is -2.33. The number of fused-ring (bicyclic) bond motifs is 1. The lowest BCUT2D eigenvalue weighted by molar-refractivity contribution is -0.160. The van der Waals surface area contributed by atoms with Crippen molar-refractivity contribution in [2.75, 3.05) is 59.2 Å². The lowest BCUT2D eigenvalue weighted by atomic mass is 9.65. The number of aliphatic hydroxyl groups excluding tert-OH is 1. The molecule has 0 aromatic rings. The van der Waals surface area contributed by atoms with Gasteiger partial charge in [0.15, 0.2) is 0 Å². The number of nitrogens with zero attached hydrogens (tertiary/aromatic N) is 2. The summed E-state index contributed by atoms with van der Waals surface area (Å²) in [6, 6.07) is -0.871. The number of carbonyl (C=O) groups is 3. The Labute approximate surface area is 188 Å².